The number of likely N-dealkylation sites (tertiary alicyclic amines) is 1. The number of carbonyl (C=O) groups excluding carboxylic acids is 1. The molecule has 28 heavy (non-hydrogen) atoms. The standard InChI is InChI=1S/C23H28FN3O/c1-16-5-6-18(24)14-22(16)23(28)25-19-7-9-20(10-8-19)26-13-11-21(15-26)27-12-3-4-17(27)2/h5-10,14,17,21H,3-4,11-13,15H2,1-2H3,(H,25,28). The van der Waals surface area contributed by atoms with Crippen LogP contribution in [0.4, 0.5) is 15.8 Å². The largest absolute Gasteiger partial charge is 0.370 e. The Morgan fingerprint density at radius 3 is 2.61 bits per heavy atom. The van der Waals surface area contributed by atoms with Crippen molar-refractivity contribution in [2.75, 3.05) is 29.9 Å². The van der Waals surface area contributed by atoms with Crippen molar-refractivity contribution in [3.8, 4) is 0 Å². The van der Waals surface area contributed by atoms with Crippen LogP contribution in [0.3, 0.4) is 0 Å². The third-order valence-corrected chi connectivity index (χ3v) is 6.17. The fourth-order valence-electron chi connectivity index (χ4n) is 4.54. The van der Waals surface area contributed by atoms with E-state index < -0.39 is 5.82 Å². The molecular formula is C23H28FN3O. The highest BCUT2D eigenvalue weighted by molar-refractivity contribution is 6.05. The number of nitrogens with one attached hydrogen (secondary N) is 1. The average molecular weight is 381 g/mol. The molecule has 2 heterocycles. The van der Waals surface area contributed by atoms with E-state index in [1.165, 1.54) is 43.6 Å². The van der Waals surface area contributed by atoms with Gasteiger partial charge in [0, 0.05) is 42.1 Å². The molecule has 2 aromatic carbocycles. The van der Waals surface area contributed by atoms with E-state index in [1.54, 1.807) is 6.07 Å². The van der Waals surface area contributed by atoms with Gasteiger partial charge in [0.2, 0.25) is 0 Å². The lowest BCUT2D eigenvalue weighted by molar-refractivity contribution is 0.102. The van der Waals surface area contributed by atoms with Crippen molar-refractivity contribution in [3.05, 3.63) is 59.4 Å². The van der Waals surface area contributed by atoms with Gasteiger partial charge in [-0.05, 0) is 81.6 Å². The van der Waals surface area contributed by atoms with Crippen molar-refractivity contribution in [2.24, 2.45) is 0 Å². The first-order valence-corrected chi connectivity index (χ1v) is 10.2. The third kappa shape index (κ3) is 3.90. The number of carbonyl (C=O) groups is 1. The van der Waals surface area contributed by atoms with E-state index in [4.69, 9.17) is 0 Å². The summed E-state index contributed by atoms with van der Waals surface area (Å²) in [5.41, 5.74) is 3.04. The summed E-state index contributed by atoms with van der Waals surface area (Å²) in [6.45, 7) is 7.51. The number of rotatable bonds is 4. The Morgan fingerprint density at radius 1 is 1.11 bits per heavy atom. The Labute approximate surface area is 166 Å². The topological polar surface area (TPSA) is 35.6 Å². The summed E-state index contributed by atoms with van der Waals surface area (Å²) in [4.78, 5) is 17.5. The van der Waals surface area contributed by atoms with Crippen LogP contribution in [-0.4, -0.2) is 42.5 Å². The molecule has 0 aromatic heterocycles. The molecule has 2 aliphatic heterocycles. The minimum atomic E-state index is -0.401. The Kier molecular flexibility index (Phi) is 5.36. The van der Waals surface area contributed by atoms with Crippen LogP contribution in [0.15, 0.2) is 42.5 Å². The number of hydrogen-bond donors (Lipinski definition) is 1. The zero-order chi connectivity index (χ0) is 19.7. The summed E-state index contributed by atoms with van der Waals surface area (Å²) in [5, 5.41) is 2.87. The van der Waals surface area contributed by atoms with E-state index in [0.29, 0.717) is 17.6 Å². The fourth-order valence-corrected chi connectivity index (χ4v) is 4.54. The second kappa shape index (κ2) is 7.92. The maximum Gasteiger partial charge on any atom is 0.256 e. The van der Waals surface area contributed by atoms with Crippen LogP contribution in [0.5, 0.6) is 0 Å². The summed E-state index contributed by atoms with van der Waals surface area (Å²) < 4.78 is 13.5. The molecule has 1 amide bonds. The van der Waals surface area contributed by atoms with Gasteiger partial charge < -0.3 is 10.2 Å². The highest BCUT2D eigenvalue weighted by Crippen LogP contribution is 2.29. The molecular weight excluding hydrogens is 353 g/mol. The Hall–Kier alpha value is -2.40. The normalized spacial score (nSPS) is 22.6. The second-order valence-electron chi connectivity index (χ2n) is 8.08. The molecule has 2 aliphatic rings. The van der Waals surface area contributed by atoms with E-state index in [-0.39, 0.29) is 5.91 Å². The molecule has 0 radical (unpaired) electrons. The Morgan fingerprint density at radius 2 is 1.89 bits per heavy atom. The fraction of sp³-hybridized carbons (Fsp3) is 0.435. The minimum Gasteiger partial charge on any atom is -0.370 e. The SMILES string of the molecule is Cc1ccc(F)cc1C(=O)Nc1ccc(N2CCC(N3CCCC3C)C2)cc1. The van der Waals surface area contributed by atoms with Crippen molar-refractivity contribution >= 4 is 17.3 Å². The zero-order valence-electron chi connectivity index (χ0n) is 16.6. The highest BCUT2D eigenvalue weighted by atomic mass is 19.1. The number of anilines is 2. The second-order valence-corrected chi connectivity index (χ2v) is 8.08. The first-order valence-electron chi connectivity index (χ1n) is 10.2. The van der Waals surface area contributed by atoms with E-state index in [9.17, 15) is 9.18 Å². The molecule has 2 saturated heterocycles. The number of hydrogen-bond acceptors (Lipinski definition) is 3. The molecule has 4 nitrogen and oxygen atoms in total. The maximum absolute atomic E-state index is 13.5. The lowest BCUT2D eigenvalue weighted by Crippen LogP contribution is -2.39. The summed E-state index contributed by atoms with van der Waals surface area (Å²) in [7, 11) is 0. The minimum absolute atomic E-state index is 0.283. The van der Waals surface area contributed by atoms with Crippen molar-refractivity contribution < 1.29 is 9.18 Å². The number of amides is 1. The molecule has 0 bridgehead atoms. The first-order chi connectivity index (χ1) is 13.5. The van der Waals surface area contributed by atoms with Crippen LogP contribution >= 0.6 is 0 Å². The van der Waals surface area contributed by atoms with Crippen LogP contribution < -0.4 is 10.2 Å². The van der Waals surface area contributed by atoms with Gasteiger partial charge in [-0.15, -0.1) is 0 Å². The van der Waals surface area contributed by atoms with Crippen molar-refractivity contribution in [1.29, 1.82) is 0 Å². The Bertz CT molecular complexity index is 851. The molecule has 0 spiro atoms. The third-order valence-electron chi connectivity index (χ3n) is 6.17. The molecule has 2 fully saturated rings. The maximum atomic E-state index is 13.5. The van der Waals surface area contributed by atoms with Gasteiger partial charge in [-0.2, -0.15) is 0 Å². The predicted octanol–water partition coefficient (Wildman–Crippen LogP) is 4.45. The Balaban J connectivity index is 1.39. The number of nitrogens with zero attached hydrogens (tertiary/aromatic N) is 2. The number of benzene rings is 2. The summed E-state index contributed by atoms with van der Waals surface area (Å²) in [5.74, 6) is -0.684. The van der Waals surface area contributed by atoms with Crippen LogP contribution in [0.2, 0.25) is 0 Å². The summed E-state index contributed by atoms with van der Waals surface area (Å²) >= 11 is 0. The van der Waals surface area contributed by atoms with E-state index >= 15 is 0 Å². The molecule has 2 aromatic rings. The molecule has 2 unspecified atom stereocenters. The van der Waals surface area contributed by atoms with Gasteiger partial charge in [-0.1, -0.05) is 6.07 Å². The van der Waals surface area contributed by atoms with Gasteiger partial charge in [-0.25, -0.2) is 4.39 Å². The zero-order valence-corrected chi connectivity index (χ0v) is 16.6. The highest BCUT2D eigenvalue weighted by Gasteiger charge is 2.32. The van der Waals surface area contributed by atoms with Gasteiger partial charge in [0.1, 0.15) is 5.82 Å². The van der Waals surface area contributed by atoms with Crippen LogP contribution in [0, 0.1) is 12.7 Å². The monoisotopic (exact) mass is 381 g/mol. The van der Waals surface area contributed by atoms with E-state index in [0.717, 1.165) is 24.3 Å². The van der Waals surface area contributed by atoms with E-state index in [1.807, 2.05) is 19.1 Å². The van der Waals surface area contributed by atoms with Crippen LogP contribution in [-0.2, 0) is 0 Å². The molecule has 1 N–H and O–H groups in total. The van der Waals surface area contributed by atoms with Gasteiger partial charge in [-0.3, -0.25) is 9.69 Å². The van der Waals surface area contributed by atoms with Gasteiger partial charge in [0.05, 0.1) is 0 Å². The van der Waals surface area contributed by atoms with Gasteiger partial charge >= 0.3 is 0 Å². The summed E-state index contributed by atoms with van der Waals surface area (Å²) in [6, 6.07) is 13.6. The summed E-state index contributed by atoms with van der Waals surface area (Å²) in [6.07, 6.45) is 3.84. The lowest BCUT2D eigenvalue weighted by Gasteiger charge is -2.28. The molecule has 0 saturated carbocycles. The van der Waals surface area contributed by atoms with E-state index in [2.05, 4.69) is 34.2 Å². The number of aryl methyl sites for hydroxylation is 1. The molecule has 4 rings (SSSR count). The average Bonchev–Trinajstić information content (AvgIpc) is 3.33. The lowest BCUT2D eigenvalue weighted by atomic mass is 10.1. The van der Waals surface area contributed by atoms with Crippen molar-refractivity contribution in [2.45, 2.75) is 45.2 Å². The van der Waals surface area contributed by atoms with Crippen molar-refractivity contribution in [3.63, 3.8) is 0 Å². The molecule has 148 valence electrons. The van der Waals surface area contributed by atoms with Crippen LogP contribution in [0.1, 0.15) is 42.1 Å². The first kappa shape index (κ1) is 18.9. The molecule has 2 atom stereocenters. The van der Waals surface area contributed by atoms with Gasteiger partial charge in [0.25, 0.3) is 5.91 Å². The van der Waals surface area contributed by atoms with Crippen LogP contribution in [0.25, 0.3) is 0 Å². The predicted molar refractivity (Wildman–Crippen MR) is 112 cm³/mol. The number of halogens is 1. The smallest absolute Gasteiger partial charge is 0.256 e. The molecule has 5 heteroatoms. The molecule has 0 aliphatic carbocycles. The van der Waals surface area contributed by atoms with Gasteiger partial charge in [0.15, 0.2) is 0 Å². The quantitative estimate of drug-likeness (QED) is 0.850. The van der Waals surface area contributed by atoms with Crippen molar-refractivity contribution in [1.82, 2.24) is 4.90 Å².